The number of nitrogens with zero attached hydrogens (tertiary/aromatic N) is 2. The Morgan fingerprint density at radius 1 is 1.14 bits per heavy atom. The van der Waals surface area contributed by atoms with Crippen molar-refractivity contribution in [3.63, 3.8) is 0 Å². The van der Waals surface area contributed by atoms with Gasteiger partial charge in [-0.3, -0.25) is 9.78 Å². The molecule has 4 aromatic rings. The summed E-state index contributed by atoms with van der Waals surface area (Å²) in [6.45, 7) is 0.252. The van der Waals surface area contributed by atoms with E-state index in [4.69, 9.17) is 9.15 Å². The maximum atomic E-state index is 13.7. The van der Waals surface area contributed by atoms with Crippen LogP contribution in [0.4, 0.5) is 10.4 Å². The summed E-state index contributed by atoms with van der Waals surface area (Å²) < 4.78 is 25.2. The van der Waals surface area contributed by atoms with Crippen LogP contribution in [0.3, 0.4) is 0 Å². The molecule has 2 N–H and O–H groups in total. The minimum atomic E-state index is -0.299. The standard InChI is InChI=1S/C21H17FN4O3/c1-23-20(27)18-10-15(8-9-24-18)28-14-6-7-17-19(11-14)29-21(26-17)25-12-13-4-2-3-5-16(13)22/h2-11H,12H2,1H3,(H,23,27)(H,25,26). The van der Waals surface area contributed by atoms with Gasteiger partial charge in [-0.1, -0.05) is 18.2 Å². The van der Waals surface area contributed by atoms with Gasteiger partial charge < -0.3 is 19.8 Å². The molecule has 0 saturated carbocycles. The van der Waals surface area contributed by atoms with Crippen LogP contribution < -0.4 is 15.4 Å². The zero-order chi connectivity index (χ0) is 20.2. The fraction of sp³-hybridized carbons (Fsp3) is 0.0952. The lowest BCUT2D eigenvalue weighted by Crippen LogP contribution is -2.18. The molecule has 29 heavy (non-hydrogen) atoms. The van der Waals surface area contributed by atoms with Crippen LogP contribution in [0, 0.1) is 5.82 Å². The third kappa shape index (κ3) is 4.16. The van der Waals surface area contributed by atoms with E-state index in [0.717, 1.165) is 0 Å². The highest BCUT2D eigenvalue weighted by Crippen LogP contribution is 2.27. The van der Waals surface area contributed by atoms with Gasteiger partial charge in [-0.15, -0.1) is 0 Å². The van der Waals surface area contributed by atoms with Crippen molar-refractivity contribution in [1.82, 2.24) is 15.3 Å². The second kappa shape index (κ2) is 7.97. The van der Waals surface area contributed by atoms with Gasteiger partial charge in [0.1, 0.15) is 28.5 Å². The van der Waals surface area contributed by atoms with Gasteiger partial charge in [-0.2, -0.15) is 4.98 Å². The number of carbonyl (C=O) groups is 1. The first-order chi connectivity index (χ1) is 14.1. The molecule has 0 aliphatic heterocycles. The summed E-state index contributed by atoms with van der Waals surface area (Å²) in [6, 6.07) is 15.2. The SMILES string of the molecule is CNC(=O)c1cc(Oc2ccc3nc(NCc4ccccc4F)oc3c2)ccn1. The number of aromatic nitrogens is 2. The number of amides is 1. The summed E-state index contributed by atoms with van der Waals surface area (Å²) in [5, 5.41) is 5.49. The minimum Gasteiger partial charge on any atom is -0.457 e. The molecule has 0 aliphatic carbocycles. The van der Waals surface area contributed by atoms with Gasteiger partial charge in [0.2, 0.25) is 0 Å². The molecule has 0 radical (unpaired) electrons. The average molecular weight is 392 g/mol. The largest absolute Gasteiger partial charge is 0.457 e. The third-order valence-corrected chi connectivity index (χ3v) is 4.17. The van der Waals surface area contributed by atoms with Gasteiger partial charge in [-0.25, -0.2) is 4.39 Å². The number of hydrogen-bond acceptors (Lipinski definition) is 6. The van der Waals surface area contributed by atoms with Gasteiger partial charge >= 0.3 is 0 Å². The molecule has 0 atom stereocenters. The number of benzene rings is 2. The van der Waals surface area contributed by atoms with Gasteiger partial charge in [0.25, 0.3) is 11.9 Å². The molecular formula is C21H17FN4O3. The van der Waals surface area contributed by atoms with E-state index in [1.54, 1.807) is 48.5 Å². The summed E-state index contributed by atoms with van der Waals surface area (Å²) in [5.41, 5.74) is 1.92. The van der Waals surface area contributed by atoms with E-state index in [2.05, 4.69) is 20.6 Å². The van der Waals surface area contributed by atoms with Crippen LogP contribution >= 0.6 is 0 Å². The Morgan fingerprint density at radius 3 is 2.79 bits per heavy atom. The molecule has 2 aromatic carbocycles. The summed E-state index contributed by atoms with van der Waals surface area (Å²) in [7, 11) is 1.53. The normalized spacial score (nSPS) is 10.7. The number of rotatable bonds is 6. The molecule has 4 rings (SSSR count). The topological polar surface area (TPSA) is 89.3 Å². The van der Waals surface area contributed by atoms with Crippen molar-refractivity contribution in [3.8, 4) is 11.5 Å². The number of hydrogen-bond donors (Lipinski definition) is 2. The Labute approximate surface area is 165 Å². The predicted octanol–water partition coefficient (Wildman–Crippen LogP) is 4.13. The van der Waals surface area contributed by atoms with Crippen LogP contribution in [-0.2, 0) is 6.54 Å². The molecule has 0 spiro atoms. The molecule has 0 fully saturated rings. The fourth-order valence-electron chi connectivity index (χ4n) is 2.72. The number of ether oxygens (including phenoxy) is 1. The number of anilines is 1. The zero-order valence-corrected chi connectivity index (χ0v) is 15.5. The van der Waals surface area contributed by atoms with Crippen LogP contribution in [0.15, 0.2) is 65.2 Å². The van der Waals surface area contributed by atoms with E-state index in [-0.39, 0.29) is 30.0 Å². The maximum Gasteiger partial charge on any atom is 0.295 e. The van der Waals surface area contributed by atoms with Crippen molar-refractivity contribution < 1.29 is 18.3 Å². The molecule has 2 heterocycles. The quantitative estimate of drug-likeness (QED) is 0.513. The molecule has 8 heteroatoms. The van der Waals surface area contributed by atoms with Crippen molar-refractivity contribution in [2.75, 3.05) is 12.4 Å². The molecule has 0 bridgehead atoms. The second-order valence-corrected chi connectivity index (χ2v) is 6.15. The first kappa shape index (κ1) is 18.4. The Balaban J connectivity index is 1.50. The zero-order valence-electron chi connectivity index (χ0n) is 15.5. The van der Waals surface area contributed by atoms with E-state index >= 15 is 0 Å². The molecule has 2 aromatic heterocycles. The van der Waals surface area contributed by atoms with Gasteiger partial charge in [-0.05, 0) is 24.3 Å². The number of carbonyl (C=O) groups excluding carboxylic acids is 1. The maximum absolute atomic E-state index is 13.7. The van der Waals surface area contributed by atoms with Crippen molar-refractivity contribution in [2.45, 2.75) is 6.54 Å². The van der Waals surface area contributed by atoms with E-state index in [1.807, 2.05) is 0 Å². The highest BCUT2D eigenvalue weighted by atomic mass is 19.1. The van der Waals surface area contributed by atoms with Crippen molar-refractivity contribution >= 4 is 23.0 Å². The van der Waals surface area contributed by atoms with Gasteiger partial charge in [0.05, 0.1) is 0 Å². The summed E-state index contributed by atoms with van der Waals surface area (Å²) >= 11 is 0. The average Bonchev–Trinajstić information content (AvgIpc) is 3.15. The lowest BCUT2D eigenvalue weighted by Gasteiger charge is -2.06. The van der Waals surface area contributed by atoms with E-state index in [0.29, 0.717) is 28.2 Å². The first-order valence-corrected chi connectivity index (χ1v) is 8.86. The van der Waals surface area contributed by atoms with E-state index in [9.17, 15) is 9.18 Å². The Kier molecular flexibility index (Phi) is 5.07. The Bertz CT molecular complexity index is 1180. The van der Waals surface area contributed by atoms with Crippen molar-refractivity contribution in [2.24, 2.45) is 0 Å². The Morgan fingerprint density at radius 2 is 1.97 bits per heavy atom. The third-order valence-electron chi connectivity index (χ3n) is 4.17. The lowest BCUT2D eigenvalue weighted by atomic mass is 10.2. The molecule has 1 amide bonds. The van der Waals surface area contributed by atoms with Gasteiger partial charge in [0.15, 0.2) is 5.58 Å². The van der Waals surface area contributed by atoms with Crippen LogP contribution in [0.5, 0.6) is 11.5 Å². The van der Waals surface area contributed by atoms with Crippen LogP contribution in [0.1, 0.15) is 16.1 Å². The summed E-state index contributed by atoms with van der Waals surface area (Å²) in [6.07, 6.45) is 1.50. The minimum absolute atomic E-state index is 0.252. The smallest absolute Gasteiger partial charge is 0.295 e. The molecule has 146 valence electrons. The molecule has 0 aliphatic rings. The highest BCUT2D eigenvalue weighted by Gasteiger charge is 2.10. The molecule has 0 saturated heterocycles. The van der Waals surface area contributed by atoms with Gasteiger partial charge in [0, 0.05) is 37.5 Å². The number of oxazole rings is 1. The number of fused-ring (bicyclic) bond motifs is 1. The predicted molar refractivity (Wildman–Crippen MR) is 105 cm³/mol. The van der Waals surface area contributed by atoms with Crippen LogP contribution in [0.25, 0.3) is 11.1 Å². The van der Waals surface area contributed by atoms with Crippen LogP contribution in [0.2, 0.25) is 0 Å². The van der Waals surface area contributed by atoms with Crippen molar-refractivity contribution in [1.29, 1.82) is 0 Å². The first-order valence-electron chi connectivity index (χ1n) is 8.86. The Hall–Kier alpha value is -3.94. The number of pyridine rings is 1. The van der Waals surface area contributed by atoms with E-state index in [1.165, 1.54) is 19.3 Å². The molecular weight excluding hydrogens is 375 g/mol. The summed E-state index contributed by atoms with van der Waals surface area (Å²) in [5.74, 6) is 0.394. The highest BCUT2D eigenvalue weighted by molar-refractivity contribution is 5.92. The van der Waals surface area contributed by atoms with Crippen molar-refractivity contribution in [3.05, 3.63) is 77.9 Å². The summed E-state index contributed by atoms with van der Waals surface area (Å²) in [4.78, 5) is 20.0. The number of halogens is 1. The lowest BCUT2D eigenvalue weighted by molar-refractivity contribution is 0.0958. The second-order valence-electron chi connectivity index (χ2n) is 6.15. The fourth-order valence-corrected chi connectivity index (χ4v) is 2.72. The number of nitrogens with one attached hydrogen (secondary N) is 2. The monoisotopic (exact) mass is 392 g/mol. The van der Waals surface area contributed by atoms with E-state index < -0.39 is 0 Å². The molecule has 7 nitrogen and oxygen atoms in total. The molecule has 0 unspecified atom stereocenters. The van der Waals surface area contributed by atoms with Crippen LogP contribution in [-0.4, -0.2) is 22.9 Å².